The normalized spacial score (nSPS) is 57.0. The van der Waals surface area contributed by atoms with Crippen LogP contribution in [0.2, 0.25) is 0 Å². The predicted octanol–water partition coefficient (Wildman–Crippen LogP) is 0.350. The summed E-state index contributed by atoms with van der Waals surface area (Å²) in [5.74, 6) is 0. The summed E-state index contributed by atoms with van der Waals surface area (Å²) in [6.07, 6.45) is 0.203. The third kappa shape index (κ3) is 0.545. The van der Waals surface area contributed by atoms with Crippen molar-refractivity contribution in [1.29, 1.82) is 0 Å². The summed E-state index contributed by atoms with van der Waals surface area (Å²) in [5.41, 5.74) is 0. The second kappa shape index (κ2) is 0.966. The first-order valence-corrected chi connectivity index (χ1v) is 2.63. The van der Waals surface area contributed by atoms with Crippen LogP contribution in [0.25, 0.3) is 0 Å². The molecular formula is C4H5ClO2. The van der Waals surface area contributed by atoms with E-state index in [4.69, 9.17) is 21.1 Å². The molecule has 2 fully saturated rings. The Kier molecular flexibility index (Phi) is 0.569. The van der Waals surface area contributed by atoms with E-state index in [0.29, 0.717) is 6.61 Å². The Morgan fingerprint density at radius 3 is 2.43 bits per heavy atom. The van der Waals surface area contributed by atoms with E-state index >= 15 is 0 Å². The molecule has 2 nitrogen and oxygen atoms in total. The van der Waals surface area contributed by atoms with Gasteiger partial charge in [0.15, 0.2) is 5.06 Å². The van der Waals surface area contributed by atoms with Gasteiger partial charge in [-0.3, -0.25) is 0 Å². The second-order valence-electron chi connectivity index (χ2n) is 1.90. The van der Waals surface area contributed by atoms with Gasteiger partial charge in [0.1, 0.15) is 6.10 Å². The van der Waals surface area contributed by atoms with Crippen molar-refractivity contribution in [2.24, 2.45) is 0 Å². The molecule has 0 aromatic rings. The van der Waals surface area contributed by atoms with E-state index in [2.05, 4.69) is 0 Å². The van der Waals surface area contributed by atoms with Crippen LogP contribution in [0, 0.1) is 0 Å². The minimum Gasteiger partial charge on any atom is -0.368 e. The molecule has 0 bridgehead atoms. The molecule has 2 heterocycles. The molecule has 2 rings (SSSR count). The summed E-state index contributed by atoms with van der Waals surface area (Å²) < 4.78 is 9.74. The molecule has 0 aliphatic carbocycles. The van der Waals surface area contributed by atoms with Crippen molar-refractivity contribution in [2.45, 2.75) is 11.2 Å². The Bertz CT molecular complexity index is 95.9. The van der Waals surface area contributed by atoms with Gasteiger partial charge in [-0.2, -0.15) is 0 Å². The van der Waals surface area contributed by atoms with E-state index in [0.717, 1.165) is 6.61 Å². The van der Waals surface area contributed by atoms with Gasteiger partial charge in [-0.05, 0) is 0 Å². The highest BCUT2D eigenvalue weighted by molar-refractivity contribution is 6.25. The molecule has 2 atom stereocenters. The molecule has 40 valence electrons. The molecule has 2 saturated heterocycles. The minimum atomic E-state index is -0.389. The Balaban J connectivity index is 2.04. The summed E-state index contributed by atoms with van der Waals surface area (Å²) >= 11 is 5.69. The zero-order valence-electron chi connectivity index (χ0n) is 3.69. The molecule has 0 aromatic heterocycles. The van der Waals surface area contributed by atoms with Crippen LogP contribution in [0.1, 0.15) is 0 Å². The van der Waals surface area contributed by atoms with Gasteiger partial charge in [0.2, 0.25) is 0 Å². The highest BCUT2D eigenvalue weighted by Gasteiger charge is 2.56. The third-order valence-corrected chi connectivity index (χ3v) is 1.70. The van der Waals surface area contributed by atoms with Crippen molar-refractivity contribution in [2.75, 3.05) is 13.2 Å². The van der Waals surface area contributed by atoms with Crippen LogP contribution in [0.5, 0.6) is 0 Å². The number of ether oxygens (including phenoxy) is 2. The molecule has 2 aliphatic heterocycles. The van der Waals surface area contributed by atoms with Crippen molar-refractivity contribution >= 4 is 11.6 Å². The van der Waals surface area contributed by atoms with Gasteiger partial charge in [-0.1, -0.05) is 11.6 Å². The first-order valence-electron chi connectivity index (χ1n) is 2.26. The molecule has 0 amide bonds. The molecule has 0 spiro atoms. The molecule has 0 saturated carbocycles. The van der Waals surface area contributed by atoms with E-state index in [-0.39, 0.29) is 11.2 Å². The van der Waals surface area contributed by atoms with Gasteiger partial charge in [0.05, 0.1) is 13.2 Å². The second-order valence-corrected chi connectivity index (χ2v) is 2.54. The monoisotopic (exact) mass is 120 g/mol. The third-order valence-electron chi connectivity index (χ3n) is 1.23. The largest absolute Gasteiger partial charge is 0.368 e. The van der Waals surface area contributed by atoms with Crippen LogP contribution in [0.3, 0.4) is 0 Å². The molecule has 3 heteroatoms. The van der Waals surface area contributed by atoms with Crippen LogP contribution < -0.4 is 0 Å². The number of hydrogen-bond acceptors (Lipinski definition) is 2. The first kappa shape index (κ1) is 4.13. The lowest BCUT2D eigenvalue weighted by atomic mass is 10.4. The average molecular weight is 121 g/mol. The Hall–Kier alpha value is 0.210. The van der Waals surface area contributed by atoms with Crippen molar-refractivity contribution in [3.8, 4) is 0 Å². The fourth-order valence-corrected chi connectivity index (χ4v) is 0.732. The maximum Gasteiger partial charge on any atom is 0.193 e. The number of alkyl halides is 1. The fourth-order valence-electron chi connectivity index (χ4n) is 0.552. The maximum absolute atomic E-state index is 5.69. The zero-order chi connectivity index (χ0) is 4.91. The molecular weight excluding hydrogens is 115 g/mol. The van der Waals surface area contributed by atoms with Gasteiger partial charge in [-0.25, -0.2) is 0 Å². The van der Waals surface area contributed by atoms with Crippen molar-refractivity contribution in [3.63, 3.8) is 0 Å². The maximum atomic E-state index is 5.69. The van der Waals surface area contributed by atoms with E-state index < -0.39 is 0 Å². The van der Waals surface area contributed by atoms with Gasteiger partial charge in [0.25, 0.3) is 0 Å². The quantitative estimate of drug-likeness (QED) is 0.369. The minimum absolute atomic E-state index is 0.203. The van der Waals surface area contributed by atoms with Gasteiger partial charge in [0, 0.05) is 0 Å². The Morgan fingerprint density at radius 2 is 2.29 bits per heavy atom. The first-order chi connectivity index (χ1) is 3.31. The summed E-state index contributed by atoms with van der Waals surface area (Å²) in [7, 11) is 0. The van der Waals surface area contributed by atoms with Crippen LogP contribution >= 0.6 is 11.6 Å². The van der Waals surface area contributed by atoms with Gasteiger partial charge >= 0.3 is 0 Å². The van der Waals surface area contributed by atoms with Crippen LogP contribution in [-0.4, -0.2) is 24.4 Å². The number of halogens is 1. The highest BCUT2D eigenvalue weighted by atomic mass is 35.5. The number of rotatable bonds is 1. The molecule has 0 N–H and O–H groups in total. The summed E-state index contributed by atoms with van der Waals surface area (Å²) in [5, 5.41) is -0.389. The average Bonchev–Trinajstić information content (AvgIpc) is 2.14. The predicted molar refractivity (Wildman–Crippen MR) is 24.3 cm³/mol. The molecule has 7 heavy (non-hydrogen) atoms. The highest BCUT2D eigenvalue weighted by Crippen LogP contribution is 2.42. The van der Waals surface area contributed by atoms with E-state index in [9.17, 15) is 0 Å². The number of epoxide rings is 2. The Labute approximate surface area is 46.4 Å². The van der Waals surface area contributed by atoms with Crippen LogP contribution in [-0.2, 0) is 9.47 Å². The lowest BCUT2D eigenvalue weighted by Gasteiger charge is -1.89. The molecule has 2 aliphatic rings. The van der Waals surface area contributed by atoms with E-state index in [1.165, 1.54) is 0 Å². The smallest absolute Gasteiger partial charge is 0.193 e. The molecule has 0 radical (unpaired) electrons. The summed E-state index contributed by atoms with van der Waals surface area (Å²) in [6, 6.07) is 0. The van der Waals surface area contributed by atoms with Crippen molar-refractivity contribution in [3.05, 3.63) is 0 Å². The molecule has 0 aromatic carbocycles. The van der Waals surface area contributed by atoms with E-state index in [1.54, 1.807) is 0 Å². The summed E-state index contributed by atoms with van der Waals surface area (Å²) in [6.45, 7) is 1.45. The van der Waals surface area contributed by atoms with Crippen molar-refractivity contribution in [1.82, 2.24) is 0 Å². The van der Waals surface area contributed by atoms with Gasteiger partial charge < -0.3 is 9.47 Å². The van der Waals surface area contributed by atoms with Crippen LogP contribution in [0.4, 0.5) is 0 Å². The Morgan fingerprint density at radius 1 is 1.71 bits per heavy atom. The standard InChI is InChI=1S/C4H5ClO2/c5-4(2-7-4)3-1-6-3/h3H,1-2H2. The lowest BCUT2D eigenvalue weighted by molar-refractivity contribution is 0.300. The summed E-state index contributed by atoms with van der Waals surface area (Å²) in [4.78, 5) is 0. The SMILES string of the molecule is ClC1(C2CO2)CO1. The topological polar surface area (TPSA) is 25.1 Å². The van der Waals surface area contributed by atoms with Crippen molar-refractivity contribution < 1.29 is 9.47 Å². The molecule has 2 unspecified atom stereocenters. The van der Waals surface area contributed by atoms with Gasteiger partial charge in [-0.15, -0.1) is 0 Å². The van der Waals surface area contributed by atoms with E-state index in [1.807, 2.05) is 0 Å². The zero-order valence-corrected chi connectivity index (χ0v) is 4.44. The lowest BCUT2D eigenvalue weighted by Crippen LogP contribution is -2.08. The fraction of sp³-hybridized carbons (Fsp3) is 1.00. The number of hydrogen-bond donors (Lipinski definition) is 0. The van der Waals surface area contributed by atoms with Crippen LogP contribution in [0.15, 0.2) is 0 Å².